The van der Waals surface area contributed by atoms with Gasteiger partial charge in [-0.1, -0.05) is 0 Å². The molecular formula is C10H13NO5S. The van der Waals surface area contributed by atoms with Crippen LogP contribution in [-0.2, 0) is 15.3 Å². The first kappa shape index (κ1) is 13.6. The Kier molecular flexibility index (Phi) is 5.05. The van der Waals surface area contributed by atoms with Crippen LogP contribution in [0.5, 0.6) is 0 Å². The number of carboxylic acids is 1. The summed E-state index contributed by atoms with van der Waals surface area (Å²) in [7, 11) is 1.28. The highest BCUT2D eigenvalue weighted by Crippen LogP contribution is 2.19. The second kappa shape index (κ2) is 6.31. The molecule has 3 N–H and O–H groups in total. The number of thioether (sulfide) groups is 1. The molecule has 1 aromatic rings. The quantitative estimate of drug-likeness (QED) is 0.725. The standard InChI is InChI=1S/C10H13NO5S/c1-15-10(14)6-2-3-16-8(6)5-17-4-7(11)9(12)13/h2-3,7H,4-5,11H2,1H3,(H,12,13)/t7-/m0/s1. The van der Waals surface area contributed by atoms with E-state index >= 15 is 0 Å². The van der Waals surface area contributed by atoms with Crippen molar-refractivity contribution in [3.8, 4) is 0 Å². The third-order valence-corrected chi connectivity index (χ3v) is 3.06. The predicted molar refractivity (Wildman–Crippen MR) is 61.8 cm³/mol. The number of nitrogens with two attached hydrogens (primary N) is 1. The molecule has 0 radical (unpaired) electrons. The van der Waals surface area contributed by atoms with Gasteiger partial charge in [0.05, 0.1) is 19.1 Å². The number of esters is 1. The fourth-order valence-corrected chi connectivity index (χ4v) is 2.02. The van der Waals surface area contributed by atoms with Crippen molar-refractivity contribution in [1.82, 2.24) is 0 Å². The zero-order valence-electron chi connectivity index (χ0n) is 9.21. The zero-order chi connectivity index (χ0) is 12.8. The van der Waals surface area contributed by atoms with Crippen molar-refractivity contribution in [1.29, 1.82) is 0 Å². The molecule has 0 saturated heterocycles. The van der Waals surface area contributed by atoms with E-state index in [-0.39, 0.29) is 5.75 Å². The number of carbonyl (C=O) groups excluding carboxylic acids is 1. The van der Waals surface area contributed by atoms with Crippen molar-refractivity contribution in [2.45, 2.75) is 11.8 Å². The SMILES string of the molecule is COC(=O)c1ccoc1CSC[C@H](N)C(=O)O. The Morgan fingerprint density at radius 3 is 2.94 bits per heavy atom. The van der Waals surface area contributed by atoms with Crippen molar-refractivity contribution < 1.29 is 23.8 Å². The molecule has 0 fully saturated rings. The topological polar surface area (TPSA) is 103 Å². The smallest absolute Gasteiger partial charge is 0.341 e. The van der Waals surface area contributed by atoms with Gasteiger partial charge < -0.3 is 20.0 Å². The van der Waals surface area contributed by atoms with Crippen molar-refractivity contribution in [2.75, 3.05) is 12.9 Å². The van der Waals surface area contributed by atoms with E-state index in [4.69, 9.17) is 15.3 Å². The molecule has 1 atom stereocenters. The number of hydrogen-bond donors (Lipinski definition) is 2. The number of ether oxygens (including phenoxy) is 1. The highest BCUT2D eigenvalue weighted by atomic mass is 32.2. The Morgan fingerprint density at radius 1 is 1.65 bits per heavy atom. The number of carboxylic acid groups (broad SMARTS) is 1. The number of furan rings is 1. The maximum atomic E-state index is 11.3. The van der Waals surface area contributed by atoms with Gasteiger partial charge in [0.25, 0.3) is 0 Å². The molecule has 7 heteroatoms. The summed E-state index contributed by atoms with van der Waals surface area (Å²) in [6, 6.07) is 0.593. The van der Waals surface area contributed by atoms with Gasteiger partial charge in [0.2, 0.25) is 0 Å². The molecule has 0 bridgehead atoms. The van der Waals surface area contributed by atoms with E-state index in [1.807, 2.05) is 0 Å². The van der Waals surface area contributed by atoms with Crippen LogP contribution >= 0.6 is 11.8 Å². The number of rotatable bonds is 6. The van der Waals surface area contributed by atoms with Crippen molar-refractivity contribution >= 4 is 23.7 Å². The van der Waals surface area contributed by atoms with Gasteiger partial charge >= 0.3 is 11.9 Å². The van der Waals surface area contributed by atoms with E-state index in [2.05, 4.69) is 4.74 Å². The van der Waals surface area contributed by atoms with Crippen LogP contribution in [0.25, 0.3) is 0 Å². The molecule has 0 aliphatic carbocycles. The van der Waals surface area contributed by atoms with Crippen LogP contribution in [0.3, 0.4) is 0 Å². The van der Waals surface area contributed by atoms with E-state index in [1.165, 1.54) is 31.2 Å². The van der Waals surface area contributed by atoms with Crippen LogP contribution in [0.2, 0.25) is 0 Å². The molecule has 0 amide bonds. The summed E-state index contributed by atoms with van der Waals surface area (Å²) >= 11 is 1.28. The predicted octanol–water partition coefficient (Wildman–Crippen LogP) is 0.711. The summed E-state index contributed by atoms with van der Waals surface area (Å²) in [5, 5.41) is 8.58. The summed E-state index contributed by atoms with van der Waals surface area (Å²) in [5.41, 5.74) is 5.69. The van der Waals surface area contributed by atoms with Crippen LogP contribution < -0.4 is 5.73 Å². The minimum Gasteiger partial charge on any atom is -0.480 e. The maximum absolute atomic E-state index is 11.3. The Bertz CT molecular complexity index is 403. The highest BCUT2D eigenvalue weighted by molar-refractivity contribution is 7.98. The molecule has 0 unspecified atom stereocenters. The molecule has 17 heavy (non-hydrogen) atoms. The zero-order valence-corrected chi connectivity index (χ0v) is 10.0. The molecular weight excluding hydrogens is 246 g/mol. The van der Waals surface area contributed by atoms with Crippen LogP contribution in [0.1, 0.15) is 16.1 Å². The largest absolute Gasteiger partial charge is 0.480 e. The van der Waals surface area contributed by atoms with E-state index in [0.29, 0.717) is 17.1 Å². The van der Waals surface area contributed by atoms with E-state index < -0.39 is 18.0 Å². The highest BCUT2D eigenvalue weighted by Gasteiger charge is 2.16. The summed E-state index contributed by atoms with van der Waals surface area (Å²) in [6.07, 6.45) is 1.39. The van der Waals surface area contributed by atoms with Crippen molar-refractivity contribution in [3.63, 3.8) is 0 Å². The van der Waals surface area contributed by atoms with Crippen LogP contribution in [0.15, 0.2) is 16.7 Å². The fraction of sp³-hybridized carbons (Fsp3) is 0.400. The van der Waals surface area contributed by atoms with Crippen LogP contribution in [0, 0.1) is 0 Å². The first-order chi connectivity index (χ1) is 8.06. The molecule has 1 rings (SSSR count). The fourth-order valence-electron chi connectivity index (χ4n) is 1.09. The first-order valence-electron chi connectivity index (χ1n) is 4.77. The van der Waals surface area contributed by atoms with Gasteiger partial charge in [-0.25, -0.2) is 4.79 Å². The lowest BCUT2D eigenvalue weighted by atomic mass is 10.3. The third-order valence-electron chi connectivity index (χ3n) is 2.00. The summed E-state index contributed by atoms with van der Waals surface area (Å²) < 4.78 is 9.69. The Hall–Kier alpha value is -1.47. The van der Waals surface area contributed by atoms with Gasteiger partial charge in [0, 0.05) is 5.75 Å². The number of carbonyl (C=O) groups is 2. The molecule has 1 aromatic heterocycles. The summed E-state index contributed by atoms with van der Waals surface area (Å²) in [6.45, 7) is 0. The van der Waals surface area contributed by atoms with E-state index in [9.17, 15) is 9.59 Å². The Morgan fingerprint density at radius 2 is 2.35 bits per heavy atom. The van der Waals surface area contributed by atoms with Gasteiger partial charge in [-0.15, -0.1) is 0 Å². The van der Waals surface area contributed by atoms with E-state index in [1.54, 1.807) is 0 Å². The summed E-state index contributed by atoms with van der Waals surface area (Å²) in [4.78, 5) is 21.8. The lowest BCUT2D eigenvalue weighted by molar-refractivity contribution is -0.137. The molecule has 0 aliphatic heterocycles. The number of aliphatic carboxylic acids is 1. The van der Waals surface area contributed by atoms with Gasteiger partial charge in [-0.2, -0.15) is 11.8 Å². The van der Waals surface area contributed by atoms with Gasteiger partial charge in [0.15, 0.2) is 0 Å². The minimum atomic E-state index is -1.05. The van der Waals surface area contributed by atoms with Crippen LogP contribution in [-0.4, -0.2) is 35.9 Å². The molecule has 0 aliphatic rings. The molecule has 1 heterocycles. The molecule has 6 nitrogen and oxygen atoms in total. The second-order valence-electron chi connectivity index (χ2n) is 3.21. The average Bonchev–Trinajstić information content (AvgIpc) is 2.76. The maximum Gasteiger partial charge on any atom is 0.341 e. The third kappa shape index (κ3) is 3.79. The minimum absolute atomic E-state index is 0.247. The van der Waals surface area contributed by atoms with Crippen molar-refractivity contribution in [3.05, 3.63) is 23.7 Å². The van der Waals surface area contributed by atoms with Crippen LogP contribution in [0.4, 0.5) is 0 Å². The molecule has 0 spiro atoms. The first-order valence-corrected chi connectivity index (χ1v) is 5.92. The monoisotopic (exact) mass is 259 g/mol. The number of methoxy groups -OCH3 is 1. The van der Waals surface area contributed by atoms with Crippen molar-refractivity contribution in [2.24, 2.45) is 5.73 Å². The molecule has 0 aromatic carbocycles. The normalized spacial score (nSPS) is 12.1. The number of hydrogen-bond acceptors (Lipinski definition) is 6. The Labute approximate surface area is 102 Å². The van der Waals surface area contributed by atoms with Gasteiger partial charge in [-0.05, 0) is 6.07 Å². The average molecular weight is 259 g/mol. The second-order valence-corrected chi connectivity index (χ2v) is 4.24. The van der Waals surface area contributed by atoms with E-state index in [0.717, 1.165) is 0 Å². The van der Waals surface area contributed by atoms with Gasteiger partial charge in [-0.3, -0.25) is 4.79 Å². The lowest BCUT2D eigenvalue weighted by Gasteiger charge is -2.05. The summed E-state index contributed by atoms with van der Waals surface area (Å²) in [5.74, 6) is -0.448. The molecule has 0 saturated carbocycles. The Balaban J connectivity index is 2.50. The lowest BCUT2D eigenvalue weighted by Crippen LogP contribution is -2.32. The molecule has 94 valence electrons. The van der Waals surface area contributed by atoms with Gasteiger partial charge in [0.1, 0.15) is 17.4 Å².